The Hall–Kier alpha value is -2.41. The van der Waals surface area contributed by atoms with E-state index in [0.29, 0.717) is 38.5 Å². The normalized spacial score (nSPS) is 18.7. The van der Waals surface area contributed by atoms with Crippen molar-refractivity contribution in [3.8, 4) is 0 Å². The number of nitrogens with zero attached hydrogens (tertiary/aromatic N) is 3. The molecular formula is C21H25N3O3S. The van der Waals surface area contributed by atoms with Gasteiger partial charge in [0.05, 0.1) is 12.2 Å². The predicted octanol–water partition coefficient (Wildman–Crippen LogP) is 3.61. The molecule has 148 valence electrons. The van der Waals surface area contributed by atoms with Crippen LogP contribution in [0.25, 0.3) is 0 Å². The summed E-state index contributed by atoms with van der Waals surface area (Å²) in [6, 6.07) is 10.6. The van der Waals surface area contributed by atoms with E-state index in [0.717, 1.165) is 30.1 Å². The number of rotatable bonds is 6. The van der Waals surface area contributed by atoms with Crippen LogP contribution >= 0.6 is 11.3 Å². The minimum atomic E-state index is -0.277. The van der Waals surface area contributed by atoms with Gasteiger partial charge >= 0.3 is 6.09 Å². The van der Waals surface area contributed by atoms with Crippen LogP contribution in [0.5, 0.6) is 0 Å². The summed E-state index contributed by atoms with van der Waals surface area (Å²) in [5.41, 5.74) is 2.53. The van der Waals surface area contributed by atoms with E-state index in [2.05, 4.69) is 30.3 Å². The lowest BCUT2D eigenvalue weighted by Gasteiger charge is -2.21. The predicted molar refractivity (Wildman–Crippen MR) is 109 cm³/mol. The topological polar surface area (TPSA) is 62.7 Å². The molecule has 4 rings (SSSR count). The molecule has 0 saturated carbocycles. The summed E-state index contributed by atoms with van der Waals surface area (Å²) in [7, 11) is 1.80. The van der Waals surface area contributed by atoms with Crippen molar-refractivity contribution in [2.24, 2.45) is 0 Å². The number of carbonyl (C=O) groups excluding carboxylic acids is 2. The Morgan fingerprint density at radius 1 is 1.36 bits per heavy atom. The number of aryl methyl sites for hydroxylation is 1. The Balaban J connectivity index is 1.34. The average molecular weight is 400 g/mol. The summed E-state index contributed by atoms with van der Waals surface area (Å²) in [5.74, 6) is 0.571. The minimum Gasteiger partial charge on any atom is -0.448 e. The molecular weight excluding hydrogens is 374 g/mol. The van der Waals surface area contributed by atoms with Crippen LogP contribution in [0.4, 0.5) is 9.93 Å². The number of cyclic esters (lactones) is 1. The molecule has 0 spiro atoms. The molecule has 2 aromatic rings. The molecule has 0 radical (unpaired) electrons. The molecule has 2 aliphatic rings. The highest BCUT2D eigenvalue weighted by molar-refractivity contribution is 7.15. The number of anilines is 1. The van der Waals surface area contributed by atoms with E-state index in [1.165, 1.54) is 10.4 Å². The van der Waals surface area contributed by atoms with Gasteiger partial charge in [0.2, 0.25) is 5.91 Å². The molecule has 1 aliphatic carbocycles. The molecule has 2 amide bonds. The zero-order valence-corrected chi connectivity index (χ0v) is 16.9. The second-order valence-corrected chi connectivity index (χ2v) is 8.44. The van der Waals surface area contributed by atoms with E-state index in [-0.39, 0.29) is 12.0 Å². The maximum absolute atomic E-state index is 12.6. The summed E-state index contributed by atoms with van der Waals surface area (Å²) >= 11 is 1.64. The van der Waals surface area contributed by atoms with Gasteiger partial charge in [0.1, 0.15) is 6.61 Å². The number of aromatic nitrogens is 1. The number of benzene rings is 1. The molecule has 1 fully saturated rings. The number of fused-ring (bicyclic) bond motifs is 1. The van der Waals surface area contributed by atoms with Gasteiger partial charge in [-0.15, -0.1) is 11.3 Å². The number of thiazole rings is 1. The zero-order valence-electron chi connectivity index (χ0n) is 16.1. The van der Waals surface area contributed by atoms with Crippen LogP contribution in [0.1, 0.15) is 41.3 Å². The first-order valence-corrected chi connectivity index (χ1v) is 10.7. The van der Waals surface area contributed by atoms with E-state index >= 15 is 0 Å². The SMILES string of the molecule is CN(C(=O)CCCN1CCOC1=O)c1nc2c(s1)CC(c1ccccc1)CC2. The highest BCUT2D eigenvalue weighted by Crippen LogP contribution is 2.37. The van der Waals surface area contributed by atoms with Crippen LogP contribution < -0.4 is 4.90 Å². The Kier molecular flexibility index (Phi) is 5.62. The Labute approximate surface area is 169 Å². The summed E-state index contributed by atoms with van der Waals surface area (Å²) in [6.45, 7) is 1.62. The van der Waals surface area contributed by atoms with E-state index in [1.54, 1.807) is 28.2 Å². The first kappa shape index (κ1) is 18.9. The Morgan fingerprint density at radius 2 is 2.18 bits per heavy atom. The van der Waals surface area contributed by atoms with Crippen molar-refractivity contribution in [2.75, 3.05) is 31.6 Å². The lowest BCUT2D eigenvalue weighted by molar-refractivity contribution is -0.118. The highest BCUT2D eigenvalue weighted by Gasteiger charge is 2.26. The molecule has 2 heterocycles. The molecule has 1 atom stereocenters. The highest BCUT2D eigenvalue weighted by atomic mass is 32.1. The van der Waals surface area contributed by atoms with E-state index in [1.807, 2.05) is 0 Å². The second-order valence-electron chi connectivity index (χ2n) is 7.37. The van der Waals surface area contributed by atoms with Crippen molar-refractivity contribution in [1.82, 2.24) is 9.88 Å². The maximum Gasteiger partial charge on any atom is 0.409 e. The molecule has 1 aliphatic heterocycles. The minimum absolute atomic E-state index is 0.0401. The van der Waals surface area contributed by atoms with Crippen molar-refractivity contribution in [3.63, 3.8) is 0 Å². The zero-order chi connectivity index (χ0) is 19.5. The van der Waals surface area contributed by atoms with Gasteiger partial charge in [-0.1, -0.05) is 30.3 Å². The van der Waals surface area contributed by atoms with Gasteiger partial charge in [-0.25, -0.2) is 9.78 Å². The molecule has 1 saturated heterocycles. The molecule has 28 heavy (non-hydrogen) atoms. The van der Waals surface area contributed by atoms with Crippen LogP contribution in [-0.2, 0) is 22.4 Å². The fourth-order valence-corrected chi connectivity index (χ4v) is 5.00. The van der Waals surface area contributed by atoms with Crippen molar-refractivity contribution >= 4 is 28.5 Å². The first-order chi connectivity index (χ1) is 13.6. The summed E-state index contributed by atoms with van der Waals surface area (Å²) in [6.07, 6.45) is 3.82. The van der Waals surface area contributed by atoms with Crippen LogP contribution in [0.2, 0.25) is 0 Å². The quantitative estimate of drug-likeness (QED) is 0.744. The van der Waals surface area contributed by atoms with Crippen LogP contribution in [0, 0.1) is 0 Å². The van der Waals surface area contributed by atoms with E-state index < -0.39 is 0 Å². The molecule has 1 unspecified atom stereocenters. The van der Waals surface area contributed by atoms with Crippen molar-refractivity contribution in [3.05, 3.63) is 46.5 Å². The number of amides is 2. The molecule has 0 bridgehead atoms. The largest absolute Gasteiger partial charge is 0.448 e. The standard InChI is InChI=1S/C21H25N3O3S/c1-23(19(25)8-5-11-24-12-13-27-21(24)26)20-22-17-10-9-16(14-18(17)28-20)15-6-3-2-4-7-15/h2-4,6-7,16H,5,8-14H2,1H3. The number of hydrogen-bond acceptors (Lipinski definition) is 5. The third kappa shape index (κ3) is 4.04. The smallest absolute Gasteiger partial charge is 0.409 e. The molecule has 0 N–H and O–H groups in total. The van der Waals surface area contributed by atoms with Gasteiger partial charge in [-0.3, -0.25) is 9.69 Å². The summed E-state index contributed by atoms with van der Waals surface area (Å²) in [5, 5.41) is 0.782. The summed E-state index contributed by atoms with van der Waals surface area (Å²) in [4.78, 5) is 33.4. The number of carbonyl (C=O) groups is 2. The Bertz CT molecular complexity index is 852. The van der Waals surface area contributed by atoms with Crippen LogP contribution in [-0.4, -0.2) is 48.6 Å². The maximum atomic E-state index is 12.6. The third-order valence-corrected chi connectivity index (χ3v) is 6.72. The molecule has 1 aromatic carbocycles. The average Bonchev–Trinajstić information content (AvgIpc) is 3.33. The van der Waals surface area contributed by atoms with Gasteiger partial charge in [0.25, 0.3) is 0 Å². The number of ether oxygens (including phenoxy) is 1. The molecule has 1 aromatic heterocycles. The first-order valence-electron chi connectivity index (χ1n) is 9.83. The van der Waals surface area contributed by atoms with E-state index in [4.69, 9.17) is 9.72 Å². The van der Waals surface area contributed by atoms with Gasteiger partial charge in [-0.2, -0.15) is 0 Å². The molecule has 7 heteroatoms. The van der Waals surface area contributed by atoms with E-state index in [9.17, 15) is 9.59 Å². The summed E-state index contributed by atoms with van der Waals surface area (Å²) < 4.78 is 4.91. The van der Waals surface area contributed by atoms with Gasteiger partial charge in [0.15, 0.2) is 5.13 Å². The van der Waals surface area contributed by atoms with Crippen molar-refractivity contribution < 1.29 is 14.3 Å². The van der Waals surface area contributed by atoms with Crippen molar-refractivity contribution in [2.45, 2.75) is 38.0 Å². The van der Waals surface area contributed by atoms with Crippen LogP contribution in [0.3, 0.4) is 0 Å². The van der Waals surface area contributed by atoms with Crippen molar-refractivity contribution in [1.29, 1.82) is 0 Å². The Morgan fingerprint density at radius 3 is 2.93 bits per heavy atom. The third-order valence-electron chi connectivity index (χ3n) is 5.52. The fraction of sp³-hybridized carbons (Fsp3) is 0.476. The second kappa shape index (κ2) is 8.31. The van der Waals surface area contributed by atoms with Gasteiger partial charge < -0.3 is 9.64 Å². The number of hydrogen-bond donors (Lipinski definition) is 0. The lowest BCUT2D eigenvalue weighted by Crippen LogP contribution is -2.29. The van der Waals surface area contributed by atoms with Gasteiger partial charge in [-0.05, 0) is 37.2 Å². The molecule has 6 nitrogen and oxygen atoms in total. The lowest BCUT2D eigenvalue weighted by atomic mass is 9.85. The van der Waals surface area contributed by atoms with Crippen LogP contribution in [0.15, 0.2) is 30.3 Å². The fourth-order valence-electron chi connectivity index (χ4n) is 3.84. The van der Waals surface area contributed by atoms with Gasteiger partial charge in [0, 0.05) is 24.9 Å². The monoisotopic (exact) mass is 399 g/mol.